The topological polar surface area (TPSA) is 164 Å². The molecule has 1 saturated heterocycles. The number of nitrogens with zero attached hydrogens (tertiary/aromatic N) is 2. The van der Waals surface area contributed by atoms with E-state index in [1.54, 1.807) is 24.3 Å². The summed E-state index contributed by atoms with van der Waals surface area (Å²) >= 11 is 0. The minimum Gasteiger partial charge on any atom is -0.468 e. The maximum atomic E-state index is 15.7. The van der Waals surface area contributed by atoms with Crippen molar-refractivity contribution in [1.29, 1.82) is 0 Å². The van der Waals surface area contributed by atoms with Crippen LogP contribution in [0.15, 0.2) is 59.5 Å². The van der Waals surface area contributed by atoms with E-state index in [1.165, 1.54) is 33.2 Å². The number of esters is 1. The van der Waals surface area contributed by atoms with Gasteiger partial charge in [-0.1, -0.05) is 36.4 Å². The lowest BCUT2D eigenvalue weighted by Gasteiger charge is -2.29. The number of rotatable bonds is 9. The molecule has 1 aromatic heterocycles. The number of benzene rings is 2. The van der Waals surface area contributed by atoms with Crippen molar-refractivity contribution in [1.82, 2.24) is 14.6 Å². The summed E-state index contributed by atoms with van der Waals surface area (Å²) in [6, 6.07) is 12.4. The summed E-state index contributed by atoms with van der Waals surface area (Å²) in [4.78, 5) is 28.0. The van der Waals surface area contributed by atoms with Gasteiger partial charge in [-0.3, -0.25) is 13.9 Å². The fourth-order valence-electron chi connectivity index (χ4n) is 4.36. The van der Waals surface area contributed by atoms with Crippen molar-refractivity contribution < 1.29 is 37.4 Å². The van der Waals surface area contributed by atoms with Crippen molar-refractivity contribution in [2.45, 2.75) is 57.0 Å². The van der Waals surface area contributed by atoms with Gasteiger partial charge < -0.3 is 24.8 Å². The van der Waals surface area contributed by atoms with Crippen LogP contribution in [0, 0.1) is 0 Å². The molecule has 4 N–H and O–H groups in total. The molecule has 0 bridgehead atoms. The summed E-state index contributed by atoms with van der Waals surface area (Å²) in [5, 5.41) is 14.8. The Labute approximate surface area is 223 Å². The van der Waals surface area contributed by atoms with E-state index in [0.29, 0.717) is 5.39 Å². The number of methoxy groups -OCH3 is 1. The molecule has 0 radical (unpaired) electrons. The van der Waals surface area contributed by atoms with Crippen LogP contribution in [0.4, 0.5) is 10.2 Å². The number of hydrogen-bond donors (Lipinski definition) is 3. The largest absolute Gasteiger partial charge is 0.468 e. The molecule has 1 aliphatic rings. The average Bonchev–Trinajstić information content (AvgIpc) is 3.12. The van der Waals surface area contributed by atoms with Crippen LogP contribution in [0.5, 0.6) is 5.75 Å². The lowest BCUT2D eigenvalue weighted by molar-refractivity contribution is -0.142. The maximum Gasteiger partial charge on any atom is 0.459 e. The molecule has 2 heterocycles. The van der Waals surface area contributed by atoms with Gasteiger partial charge in [0.25, 0.3) is 0 Å². The number of alkyl halides is 1. The quantitative estimate of drug-likeness (QED) is 0.259. The molecule has 7 atom stereocenters. The predicted octanol–water partition coefficient (Wildman–Crippen LogP) is 2.71. The van der Waals surface area contributed by atoms with Crippen molar-refractivity contribution in [2.24, 2.45) is 0 Å². The number of ether oxygens (including phenoxy) is 2. The van der Waals surface area contributed by atoms with Gasteiger partial charge in [0, 0.05) is 11.6 Å². The molecule has 0 aliphatic carbocycles. The third kappa shape index (κ3) is 5.82. The Morgan fingerprint density at radius 2 is 1.95 bits per heavy atom. The van der Waals surface area contributed by atoms with Crippen molar-refractivity contribution in [3.63, 3.8) is 0 Å². The minimum absolute atomic E-state index is 0.0686. The summed E-state index contributed by atoms with van der Waals surface area (Å²) in [5.41, 5.74) is 2.16. The fraction of sp³-hybridized carbons (Fsp3) is 0.400. The highest BCUT2D eigenvalue weighted by Crippen LogP contribution is 2.50. The number of nitrogens with two attached hydrogens (primary N) is 1. The number of aromatic nitrogens is 2. The highest BCUT2D eigenvalue weighted by Gasteiger charge is 2.57. The van der Waals surface area contributed by atoms with Crippen molar-refractivity contribution in [3.05, 3.63) is 65.2 Å². The number of hydrogen-bond acceptors (Lipinski definition) is 10. The van der Waals surface area contributed by atoms with E-state index in [1.807, 2.05) is 18.2 Å². The number of carbonyl (C=O) groups excluding carboxylic acids is 1. The van der Waals surface area contributed by atoms with Gasteiger partial charge in [0.15, 0.2) is 11.9 Å². The minimum atomic E-state index is -4.42. The van der Waals surface area contributed by atoms with Crippen LogP contribution >= 0.6 is 7.75 Å². The Balaban J connectivity index is 1.64. The number of carbonyl (C=O) groups is 1. The normalized spacial score (nSPS) is 26.1. The Hall–Kier alpha value is -3.35. The lowest BCUT2D eigenvalue weighted by atomic mass is 9.96. The van der Waals surface area contributed by atoms with Crippen molar-refractivity contribution in [3.8, 4) is 5.75 Å². The summed E-state index contributed by atoms with van der Waals surface area (Å²) < 4.78 is 52.7. The standard InChI is InChI=1S/C25H30FN4O8P/c1-14(22(32)35-4)29-39(34,38-18-11-7-9-16-8-5-6-10-17(16)18)37-15(2)20-21(31)25(3,26)23(36-20)30-13-12-19(27)28-24(30)33/h5-15,20-21,23,31H,1-4H3,(H,29,34)(H2,27,28,33). The Bertz CT molecular complexity index is 1460. The van der Waals surface area contributed by atoms with E-state index < -0.39 is 55.7 Å². The summed E-state index contributed by atoms with van der Waals surface area (Å²) in [7, 11) is -3.25. The third-order valence-electron chi connectivity index (χ3n) is 6.40. The van der Waals surface area contributed by atoms with Crippen LogP contribution in [-0.4, -0.2) is 57.8 Å². The Morgan fingerprint density at radius 3 is 2.64 bits per heavy atom. The second-order valence-electron chi connectivity index (χ2n) is 9.34. The van der Waals surface area contributed by atoms with Crippen LogP contribution in [0.25, 0.3) is 10.8 Å². The molecule has 1 fully saturated rings. The van der Waals surface area contributed by atoms with Crippen LogP contribution < -0.4 is 21.0 Å². The van der Waals surface area contributed by atoms with Crippen molar-refractivity contribution in [2.75, 3.05) is 12.8 Å². The first-order valence-corrected chi connectivity index (χ1v) is 13.6. The monoisotopic (exact) mass is 564 g/mol. The molecule has 0 spiro atoms. The highest BCUT2D eigenvalue weighted by atomic mass is 31.2. The zero-order valence-electron chi connectivity index (χ0n) is 21.7. The second kappa shape index (κ2) is 11.0. The van der Waals surface area contributed by atoms with Gasteiger partial charge in [0.05, 0.1) is 13.2 Å². The molecule has 12 nitrogen and oxygen atoms in total. The SMILES string of the molecule is COC(=O)C(C)NP(=O)(Oc1cccc2ccccc12)OC(C)C1OC(n2ccc(N)nc2=O)C(C)(F)C1O. The first-order valence-electron chi connectivity index (χ1n) is 12.0. The molecule has 2 aromatic carbocycles. The molecule has 0 saturated carbocycles. The summed E-state index contributed by atoms with van der Waals surface area (Å²) in [6.07, 6.45) is -4.89. The zero-order valence-corrected chi connectivity index (χ0v) is 22.6. The number of aliphatic hydroxyl groups excluding tert-OH is 1. The Kier molecular flexibility index (Phi) is 8.10. The molecule has 1 aliphatic heterocycles. The molecule has 39 heavy (non-hydrogen) atoms. The van der Waals surface area contributed by atoms with Gasteiger partial charge in [-0.2, -0.15) is 10.1 Å². The molecule has 7 unspecified atom stereocenters. The number of fused-ring (bicyclic) bond motifs is 1. The number of nitrogens with one attached hydrogen (secondary N) is 1. The van der Waals surface area contributed by atoms with E-state index in [0.717, 1.165) is 16.9 Å². The van der Waals surface area contributed by atoms with Crippen LogP contribution in [0.3, 0.4) is 0 Å². The number of anilines is 1. The number of nitrogen functional groups attached to an aromatic ring is 1. The van der Waals surface area contributed by atoms with Crippen LogP contribution in [-0.2, 0) is 23.4 Å². The molecule has 14 heteroatoms. The predicted molar refractivity (Wildman–Crippen MR) is 140 cm³/mol. The van der Waals surface area contributed by atoms with E-state index in [4.69, 9.17) is 24.3 Å². The van der Waals surface area contributed by atoms with Gasteiger partial charge in [-0.25, -0.2) is 13.8 Å². The van der Waals surface area contributed by atoms with E-state index in [2.05, 4.69) is 10.1 Å². The highest BCUT2D eigenvalue weighted by molar-refractivity contribution is 7.52. The molecular formula is C25H30FN4O8P. The Morgan fingerprint density at radius 1 is 1.26 bits per heavy atom. The average molecular weight is 565 g/mol. The van der Waals surface area contributed by atoms with Crippen LogP contribution in [0.2, 0.25) is 0 Å². The lowest BCUT2D eigenvalue weighted by Crippen LogP contribution is -2.45. The van der Waals surface area contributed by atoms with E-state index in [-0.39, 0.29) is 11.6 Å². The van der Waals surface area contributed by atoms with Gasteiger partial charge in [-0.15, -0.1) is 0 Å². The van der Waals surface area contributed by atoms with Gasteiger partial charge in [0.1, 0.15) is 29.8 Å². The summed E-state index contributed by atoms with van der Waals surface area (Å²) in [5.74, 6) is -0.619. The zero-order chi connectivity index (χ0) is 28.5. The first kappa shape index (κ1) is 28.7. The van der Waals surface area contributed by atoms with Gasteiger partial charge >= 0.3 is 19.4 Å². The maximum absolute atomic E-state index is 15.7. The summed E-state index contributed by atoms with van der Waals surface area (Å²) in [6.45, 7) is 3.84. The van der Waals surface area contributed by atoms with Crippen molar-refractivity contribution >= 4 is 30.3 Å². The van der Waals surface area contributed by atoms with Crippen LogP contribution in [0.1, 0.15) is 27.0 Å². The third-order valence-corrected chi connectivity index (χ3v) is 8.16. The molecule has 3 aromatic rings. The molecular weight excluding hydrogens is 534 g/mol. The van der Waals surface area contributed by atoms with E-state index >= 15 is 4.39 Å². The molecule has 210 valence electrons. The van der Waals surface area contributed by atoms with E-state index in [9.17, 15) is 19.3 Å². The second-order valence-corrected chi connectivity index (χ2v) is 11.0. The fourth-order valence-corrected chi connectivity index (χ4v) is 6.07. The smallest absolute Gasteiger partial charge is 0.459 e. The molecule has 0 amide bonds. The number of aliphatic hydroxyl groups is 1. The van der Waals surface area contributed by atoms with Gasteiger partial charge in [0.2, 0.25) is 0 Å². The van der Waals surface area contributed by atoms with Gasteiger partial charge in [-0.05, 0) is 38.3 Å². The number of halogens is 1. The molecule has 4 rings (SSSR count). The first-order chi connectivity index (χ1) is 18.4.